The highest BCUT2D eigenvalue weighted by atomic mass is 16.1. The second-order valence-corrected chi connectivity index (χ2v) is 4.19. The van der Waals surface area contributed by atoms with E-state index in [4.69, 9.17) is 10.5 Å². The highest BCUT2D eigenvalue weighted by Gasteiger charge is 2.07. The summed E-state index contributed by atoms with van der Waals surface area (Å²) in [5.41, 5.74) is 2.31. The van der Waals surface area contributed by atoms with E-state index >= 15 is 0 Å². The maximum atomic E-state index is 11.9. The van der Waals surface area contributed by atoms with Crippen molar-refractivity contribution in [3.63, 3.8) is 0 Å². The number of nitrogens with one attached hydrogen (secondary N) is 1. The van der Waals surface area contributed by atoms with E-state index in [2.05, 4.69) is 5.32 Å². The first-order valence-electron chi connectivity index (χ1n) is 6.01. The molecule has 0 aliphatic rings. The highest BCUT2D eigenvalue weighted by molar-refractivity contribution is 5.93. The van der Waals surface area contributed by atoms with Crippen LogP contribution in [0.15, 0.2) is 48.5 Å². The smallest absolute Gasteiger partial charge is 0.228 e. The summed E-state index contributed by atoms with van der Waals surface area (Å²) >= 11 is 0. The third-order valence-corrected chi connectivity index (χ3v) is 2.77. The normalized spacial score (nSPS) is 9.30. The summed E-state index contributed by atoms with van der Waals surface area (Å²) in [6.07, 6.45) is 0.200. The van der Waals surface area contributed by atoms with Crippen LogP contribution >= 0.6 is 0 Å². The molecule has 4 nitrogen and oxygen atoms in total. The zero-order chi connectivity index (χ0) is 14.4. The lowest BCUT2D eigenvalue weighted by Gasteiger charge is -2.06. The average molecular weight is 261 g/mol. The second-order valence-electron chi connectivity index (χ2n) is 4.19. The van der Waals surface area contributed by atoms with E-state index in [1.165, 1.54) is 0 Å². The van der Waals surface area contributed by atoms with Crippen molar-refractivity contribution in [3.05, 3.63) is 65.2 Å². The number of carbonyl (C=O) groups is 1. The molecule has 2 aromatic carbocycles. The van der Waals surface area contributed by atoms with Gasteiger partial charge in [-0.3, -0.25) is 4.79 Å². The van der Waals surface area contributed by atoms with Crippen LogP contribution < -0.4 is 5.32 Å². The van der Waals surface area contributed by atoms with E-state index < -0.39 is 0 Å². The molecule has 0 aliphatic heterocycles. The Balaban J connectivity index is 2.06. The lowest BCUT2D eigenvalue weighted by molar-refractivity contribution is -0.115. The lowest BCUT2D eigenvalue weighted by Crippen LogP contribution is -2.15. The van der Waals surface area contributed by atoms with Gasteiger partial charge in [0.05, 0.1) is 29.3 Å². The Labute approximate surface area is 116 Å². The largest absolute Gasteiger partial charge is 0.325 e. The molecule has 1 N–H and O–H groups in total. The summed E-state index contributed by atoms with van der Waals surface area (Å²) in [7, 11) is 0. The number of hydrogen-bond donors (Lipinski definition) is 1. The van der Waals surface area contributed by atoms with Gasteiger partial charge < -0.3 is 5.32 Å². The predicted molar refractivity (Wildman–Crippen MR) is 74.6 cm³/mol. The first-order chi connectivity index (χ1) is 9.72. The van der Waals surface area contributed by atoms with E-state index in [9.17, 15) is 4.79 Å². The molecule has 0 saturated carbocycles. The van der Waals surface area contributed by atoms with Gasteiger partial charge in [-0.25, -0.2) is 0 Å². The molecule has 0 saturated heterocycles. The van der Waals surface area contributed by atoms with Crippen LogP contribution in [0, 0.1) is 22.7 Å². The fourth-order valence-electron chi connectivity index (χ4n) is 1.77. The van der Waals surface area contributed by atoms with Crippen molar-refractivity contribution in [2.24, 2.45) is 0 Å². The molecular weight excluding hydrogens is 250 g/mol. The molecule has 0 heterocycles. The third-order valence-electron chi connectivity index (χ3n) is 2.77. The lowest BCUT2D eigenvalue weighted by atomic mass is 10.1. The number of amides is 1. The molecule has 2 rings (SSSR count). The van der Waals surface area contributed by atoms with Gasteiger partial charge in [0, 0.05) is 0 Å². The monoisotopic (exact) mass is 261 g/mol. The molecular formula is C16H11N3O. The average Bonchev–Trinajstić information content (AvgIpc) is 2.48. The van der Waals surface area contributed by atoms with E-state index in [1.807, 2.05) is 12.1 Å². The summed E-state index contributed by atoms with van der Waals surface area (Å²) < 4.78 is 0. The highest BCUT2D eigenvalue weighted by Crippen LogP contribution is 2.14. The fraction of sp³-hybridized carbons (Fsp3) is 0.0625. The zero-order valence-corrected chi connectivity index (χ0v) is 10.6. The molecule has 0 radical (unpaired) electrons. The van der Waals surface area contributed by atoms with Gasteiger partial charge in [-0.05, 0) is 29.8 Å². The van der Waals surface area contributed by atoms with Crippen LogP contribution in [0.3, 0.4) is 0 Å². The number of hydrogen-bond acceptors (Lipinski definition) is 3. The van der Waals surface area contributed by atoms with Crippen LogP contribution in [0.2, 0.25) is 0 Å². The number of nitriles is 2. The van der Waals surface area contributed by atoms with Crippen molar-refractivity contribution in [2.45, 2.75) is 6.42 Å². The van der Waals surface area contributed by atoms with Crippen LogP contribution in [0.1, 0.15) is 16.7 Å². The van der Waals surface area contributed by atoms with Crippen LogP contribution in [0.4, 0.5) is 5.69 Å². The Kier molecular flexibility index (Phi) is 4.11. The summed E-state index contributed by atoms with van der Waals surface area (Å²) in [6, 6.07) is 17.7. The van der Waals surface area contributed by atoms with Crippen molar-refractivity contribution >= 4 is 11.6 Å². The zero-order valence-electron chi connectivity index (χ0n) is 10.6. The van der Waals surface area contributed by atoms with E-state index in [1.54, 1.807) is 48.5 Å². The van der Waals surface area contributed by atoms with Crippen LogP contribution in [0.25, 0.3) is 0 Å². The van der Waals surface area contributed by atoms with Crippen LogP contribution in [0.5, 0.6) is 0 Å². The van der Waals surface area contributed by atoms with Gasteiger partial charge >= 0.3 is 0 Å². The number of nitrogens with zero attached hydrogens (tertiary/aromatic N) is 2. The Morgan fingerprint density at radius 1 is 1.00 bits per heavy atom. The van der Waals surface area contributed by atoms with Crippen molar-refractivity contribution in [2.75, 3.05) is 5.32 Å². The van der Waals surface area contributed by atoms with Crippen LogP contribution in [-0.4, -0.2) is 5.91 Å². The Morgan fingerprint density at radius 3 is 2.35 bits per heavy atom. The first-order valence-corrected chi connectivity index (χ1v) is 6.01. The molecule has 2 aromatic rings. The molecule has 4 heteroatoms. The molecule has 0 aromatic heterocycles. The predicted octanol–water partition coefficient (Wildman–Crippen LogP) is 2.61. The fourth-order valence-corrected chi connectivity index (χ4v) is 1.77. The summed E-state index contributed by atoms with van der Waals surface area (Å²) in [6.45, 7) is 0. The first kappa shape index (κ1) is 13.3. The molecule has 0 spiro atoms. The summed E-state index contributed by atoms with van der Waals surface area (Å²) in [5.74, 6) is -0.197. The number of para-hydroxylation sites is 1. The molecule has 0 atom stereocenters. The standard InChI is InChI=1S/C16H11N3O/c17-10-13-7-5-12(6-8-13)9-16(20)19-15-4-2-1-3-14(15)11-18/h1-8H,9H2,(H,19,20). The van der Waals surface area contributed by atoms with Crippen LogP contribution in [-0.2, 0) is 11.2 Å². The quantitative estimate of drug-likeness (QED) is 0.922. The number of anilines is 1. The summed E-state index contributed by atoms with van der Waals surface area (Å²) in [5, 5.41) is 20.4. The van der Waals surface area contributed by atoms with Crippen molar-refractivity contribution < 1.29 is 4.79 Å². The van der Waals surface area contributed by atoms with Gasteiger partial charge in [0.15, 0.2) is 0 Å². The Morgan fingerprint density at radius 2 is 1.70 bits per heavy atom. The van der Waals surface area contributed by atoms with E-state index in [0.717, 1.165) is 5.56 Å². The Hall–Kier alpha value is -3.11. The molecule has 0 unspecified atom stereocenters. The molecule has 96 valence electrons. The van der Waals surface area contributed by atoms with E-state index in [-0.39, 0.29) is 12.3 Å². The minimum atomic E-state index is -0.197. The minimum Gasteiger partial charge on any atom is -0.325 e. The number of carbonyl (C=O) groups excluding carboxylic acids is 1. The second kappa shape index (κ2) is 6.17. The van der Waals surface area contributed by atoms with Crippen molar-refractivity contribution in [1.82, 2.24) is 0 Å². The van der Waals surface area contributed by atoms with Gasteiger partial charge in [-0.15, -0.1) is 0 Å². The molecule has 0 bridgehead atoms. The Bertz CT molecular complexity index is 706. The molecule has 0 aliphatic carbocycles. The van der Waals surface area contributed by atoms with E-state index in [0.29, 0.717) is 16.8 Å². The maximum Gasteiger partial charge on any atom is 0.228 e. The summed E-state index contributed by atoms with van der Waals surface area (Å²) in [4.78, 5) is 11.9. The van der Waals surface area contributed by atoms with Crippen molar-refractivity contribution in [3.8, 4) is 12.1 Å². The van der Waals surface area contributed by atoms with Crippen molar-refractivity contribution in [1.29, 1.82) is 10.5 Å². The molecule has 20 heavy (non-hydrogen) atoms. The SMILES string of the molecule is N#Cc1ccc(CC(=O)Nc2ccccc2C#N)cc1. The number of benzene rings is 2. The minimum absolute atomic E-state index is 0.197. The van der Waals surface area contributed by atoms with Gasteiger partial charge in [-0.1, -0.05) is 24.3 Å². The number of rotatable bonds is 3. The van der Waals surface area contributed by atoms with Gasteiger partial charge in [0.25, 0.3) is 0 Å². The molecule has 0 fully saturated rings. The third kappa shape index (κ3) is 3.22. The van der Waals surface area contributed by atoms with Gasteiger partial charge in [-0.2, -0.15) is 10.5 Å². The van der Waals surface area contributed by atoms with Gasteiger partial charge in [0.2, 0.25) is 5.91 Å². The maximum absolute atomic E-state index is 11.9. The topological polar surface area (TPSA) is 76.7 Å². The molecule has 1 amide bonds. The van der Waals surface area contributed by atoms with Gasteiger partial charge in [0.1, 0.15) is 6.07 Å².